The Morgan fingerprint density at radius 3 is 2.76 bits per heavy atom. The number of fused-ring (bicyclic) bond motifs is 1. The Balaban J connectivity index is 2.14. The summed E-state index contributed by atoms with van der Waals surface area (Å²) in [7, 11) is 0. The van der Waals surface area contributed by atoms with Crippen molar-refractivity contribution in [3.63, 3.8) is 0 Å². The fraction of sp³-hybridized carbons (Fsp3) is 0. The van der Waals surface area contributed by atoms with Crippen molar-refractivity contribution in [1.29, 1.82) is 0 Å². The van der Waals surface area contributed by atoms with Crippen molar-refractivity contribution in [3.05, 3.63) is 35.5 Å². The molecule has 3 rings (SSSR count). The molecule has 6 heteroatoms. The van der Waals surface area contributed by atoms with Gasteiger partial charge in [0, 0.05) is 6.20 Å². The number of pyridine rings is 2. The van der Waals surface area contributed by atoms with Crippen molar-refractivity contribution in [2.45, 2.75) is 0 Å². The van der Waals surface area contributed by atoms with Crippen LogP contribution in [0.3, 0.4) is 0 Å². The van der Waals surface area contributed by atoms with Gasteiger partial charge in [-0.05, 0) is 24.3 Å². The molecular weight excluding hydrogens is 238 g/mol. The van der Waals surface area contributed by atoms with Crippen LogP contribution in [0, 0.1) is 0 Å². The van der Waals surface area contributed by atoms with E-state index in [1.165, 1.54) is 0 Å². The third-order valence-electron chi connectivity index (χ3n) is 2.34. The fourth-order valence-corrected chi connectivity index (χ4v) is 1.66. The van der Waals surface area contributed by atoms with Crippen LogP contribution in [0.4, 0.5) is 5.82 Å². The molecule has 84 valence electrons. The average Bonchev–Trinajstić information content (AvgIpc) is 2.72. The number of rotatable bonds is 1. The lowest BCUT2D eigenvalue weighted by atomic mass is 10.3. The van der Waals surface area contributed by atoms with Crippen LogP contribution in [0.5, 0.6) is 0 Å². The third-order valence-corrected chi connectivity index (χ3v) is 2.56. The Morgan fingerprint density at radius 1 is 1.12 bits per heavy atom. The van der Waals surface area contributed by atoms with E-state index in [0.29, 0.717) is 28.0 Å². The second-order valence-electron chi connectivity index (χ2n) is 3.55. The molecule has 3 N–H and O–H groups in total. The molecule has 17 heavy (non-hydrogen) atoms. The topological polar surface area (TPSA) is 80.5 Å². The lowest BCUT2D eigenvalue weighted by Crippen LogP contribution is -1.88. The van der Waals surface area contributed by atoms with Crippen LogP contribution in [0.1, 0.15) is 0 Å². The van der Waals surface area contributed by atoms with Gasteiger partial charge in [-0.15, -0.1) is 0 Å². The van der Waals surface area contributed by atoms with Gasteiger partial charge in [-0.1, -0.05) is 11.6 Å². The van der Waals surface area contributed by atoms with Gasteiger partial charge in [-0.2, -0.15) is 0 Å². The van der Waals surface area contributed by atoms with Gasteiger partial charge in [-0.25, -0.2) is 9.97 Å². The lowest BCUT2D eigenvalue weighted by Gasteiger charge is -1.94. The molecule has 3 aromatic rings. The Morgan fingerprint density at radius 2 is 2.00 bits per heavy atom. The van der Waals surface area contributed by atoms with Crippen molar-refractivity contribution in [2.75, 3.05) is 5.73 Å². The Bertz CT molecular complexity index is 674. The molecule has 0 aromatic carbocycles. The van der Waals surface area contributed by atoms with Gasteiger partial charge >= 0.3 is 0 Å². The Kier molecular flexibility index (Phi) is 2.19. The molecule has 0 amide bonds. The van der Waals surface area contributed by atoms with Crippen molar-refractivity contribution in [3.8, 4) is 11.5 Å². The Hall–Kier alpha value is -2.14. The summed E-state index contributed by atoms with van der Waals surface area (Å²) in [5, 5.41) is 0.590. The summed E-state index contributed by atoms with van der Waals surface area (Å²) in [4.78, 5) is 15.7. The van der Waals surface area contributed by atoms with Crippen LogP contribution in [0.25, 0.3) is 22.7 Å². The highest BCUT2D eigenvalue weighted by Gasteiger charge is 2.07. The minimum atomic E-state index is 0.444. The second kappa shape index (κ2) is 3.71. The van der Waals surface area contributed by atoms with E-state index in [1.54, 1.807) is 24.4 Å². The van der Waals surface area contributed by atoms with Gasteiger partial charge in [0.1, 0.15) is 11.5 Å². The number of imidazole rings is 1. The molecule has 0 radical (unpaired) electrons. The van der Waals surface area contributed by atoms with E-state index in [9.17, 15) is 0 Å². The highest BCUT2D eigenvalue weighted by Crippen LogP contribution is 2.19. The van der Waals surface area contributed by atoms with Crippen LogP contribution in [-0.4, -0.2) is 19.9 Å². The first kappa shape index (κ1) is 10.0. The molecule has 0 fully saturated rings. The van der Waals surface area contributed by atoms with E-state index in [2.05, 4.69) is 19.9 Å². The lowest BCUT2D eigenvalue weighted by molar-refractivity contribution is 1.23. The molecule has 0 saturated carbocycles. The maximum Gasteiger partial charge on any atom is 0.180 e. The summed E-state index contributed by atoms with van der Waals surface area (Å²) in [5.74, 6) is 1.09. The quantitative estimate of drug-likeness (QED) is 0.689. The zero-order valence-electron chi connectivity index (χ0n) is 8.68. The van der Waals surface area contributed by atoms with Crippen LogP contribution >= 0.6 is 11.6 Å². The number of anilines is 1. The number of halogens is 1. The normalized spacial score (nSPS) is 10.9. The summed E-state index contributed by atoms with van der Waals surface area (Å²) >= 11 is 5.78. The number of hydrogen-bond donors (Lipinski definition) is 2. The van der Waals surface area contributed by atoms with E-state index in [4.69, 9.17) is 17.3 Å². The van der Waals surface area contributed by atoms with Gasteiger partial charge < -0.3 is 10.7 Å². The SMILES string of the molecule is Nc1ccc2[nH]c(-c3ccc(Cl)cn3)nc2n1. The minimum absolute atomic E-state index is 0.444. The molecule has 0 bridgehead atoms. The average molecular weight is 246 g/mol. The largest absolute Gasteiger partial charge is 0.384 e. The van der Waals surface area contributed by atoms with E-state index in [0.717, 1.165) is 5.52 Å². The highest BCUT2D eigenvalue weighted by atomic mass is 35.5. The standard InChI is InChI=1S/C11H8ClN5/c12-6-1-2-7(14-5-6)10-15-8-3-4-9(13)16-11(8)17-10/h1-5H,(H3,13,15,16,17). The Labute approximate surface area is 102 Å². The number of nitrogens with zero attached hydrogens (tertiary/aromatic N) is 3. The van der Waals surface area contributed by atoms with Gasteiger partial charge in [0.2, 0.25) is 0 Å². The molecule has 3 heterocycles. The number of aromatic nitrogens is 4. The number of aromatic amines is 1. The molecule has 5 nitrogen and oxygen atoms in total. The monoisotopic (exact) mass is 245 g/mol. The number of nitrogens with two attached hydrogens (primary N) is 1. The first-order valence-electron chi connectivity index (χ1n) is 4.96. The molecule has 0 saturated heterocycles. The smallest absolute Gasteiger partial charge is 0.180 e. The number of hydrogen-bond acceptors (Lipinski definition) is 4. The molecule has 0 aliphatic carbocycles. The number of nitrogen functional groups attached to an aromatic ring is 1. The first-order valence-corrected chi connectivity index (χ1v) is 5.34. The van der Waals surface area contributed by atoms with Gasteiger partial charge in [0.15, 0.2) is 11.5 Å². The van der Waals surface area contributed by atoms with Crippen LogP contribution in [-0.2, 0) is 0 Å². The van der Waals surface area contributed by atoms with Gasteiger partial charge in [-0.3, -0.25) is 4.98 Å². The summed E-state index contributed by atoms with van der Waals surface area (Å²) in [6.45, 7) is 0. The predicted molar refractivity (Wildman–Crippen MR) is 66.5 cm³/mol. The molecular formula is C11H8ClN5. The first-order chi connectivity index (χ1) is 8.22. The zero-order valence-corrected chi connectivity index (χ0v) is 9.44. The van der Waals surface area contributed by atoms with E-state index < -0.39 is 0 Å². The van der Waals surface area contributed by atoms with E-state index >= 15 is 0 Å². The third kappa shape index (κ3) is 1.81. The van der Waals surface area contributed by atoms with E-state index in [-0.39, 0.29) is 0 Å². The fourth-order valence-electron chi connectivity index (χ4n) is 1.54. The van der Waals surface area contributed by atoms with E-state index in [1.807, 2.05) is 6.07 Å². The molecule has 0 spiro atoms. The molecule has 0 atom stereocenters. The van der Waals surface area contributed by atoms with Gasteiger partial charge in [0.25, 0.3) is 0 Å². The predicted octanol–water partition coefficient (Wildman–Crippen LogP) is 2.26. The van der Waals surface area contributed by atoms with Crippen molar-refractivity contribution < 1.29 is 0 Å². The summed E-state index contributed by atoms with van der Waals surface area (Å²) in [6, 6.07) is 7.12. The summed E-state index contributed by atoms with van der Waals surface area (Å²) in [5.41, 5.74) is 7.71. The maximum atomic E-state index is 5.78. The van der Waals surface area contributed by atoms with Crippen LogP contribution < -0.4 is 5.73 Å². The molecule has 3 aromatic heterocycles. The highest BCUT2D eigenvalue weighted by molar-refractivity contribution is 6.30. The van der Waals surface area contributed by atoms with Crippen LogP contribution in [0.15, 0.2) is 30.5 Å². The maximum absolute atomic E-state index is 5.78. The number of nitrogens with one attached hydrogen (secondary N) is 1. The second-order valence-corrected chi connectivity index (χ2v) is 3.99. The van der Waals surface area contributed by atoms with Crippen LogP contribution in [0.2, 0.25) is 5.02 Å². The van der Waals surface area contributed by atoms with Crippen molar-refractivity contribution in [1.82, 2.24) is 19.9 Å². The van der Waals surface area contributed by atoms with Gasteiger partial charge in [0.05, 0.1) is 10.5 Å². The minimum Gasteiger partial charge on any atom is -0.384 e. The molecule has 0 aliphatic heterocycles. The summed E-state index contributed by atoms with van der Waals surface area (Å²) in [6.07, 6.45) is 1.58. The molecule has 0 aliphatic rings. The number of H-pyrrole nitrogens is 1. The van der Waals surface area contributed by atoms with Crippen molar-refractivity contribution in [2.24, 2.45) is 0 Å². The molecule has 0 unspecified atom stereocenters. The van der Waals surface area contributed by atoms with Crippen molar-refractivity contribution >= 4 is 28.6 Å². The zero-order chi connectivity index (χ0) is 11.8. The summed E-state index contributed by atoms with van der Waals surface area (Å²) < 4.78 is 0.